The van der Waals surface area contributed by atoms with Crippen LogP contribution in [-0.4, -0.2) is 51.7 Å². The Morgan fingerprint density at radius 2 is 1.89 bits per heavy atom. The van der Waals surface area contributed by atoms with Crippen molar-refractivity contribution in [3.05, 3.63) is 53.2 Å². The second-order valence-corrected chi connectivity index (χ2v) is 10.0. The molecule has 1 aliphatic heterocycles. The number of carbonyl (C=O) groups excluding carboxylic acids is 1. The number of nitrogens with one attached hydrogen (secondary N) is 4. The van der Waals surface area contributed by atoms with Crippen molar-refractivity contribution in [3.63, 3.8) is 0 Å². The van der Waals surface area contributed by atoms with E-state index in [-0.39, 0.29) is 11.3 Å². The first-order valence-electron chi connectivity index (χ1n) is 11.7. The SMILES string of the molecule is CN/C(=C\C(=N)C(C)(C)C)NC(=O)c1cc(Cl)cc(Nc2ncnc3cnc(N4CCCC4)nc23)c1. The van der Waals surface area contributed by atoms with Gasteiger partial charge in [0.2, 0.25) is 5.95 Å². The highest BCUT2D eigenvalue weighted by atomic mass is 35.5. The van der Waals surface area contributed by atoms with Crippen molar-refractivity contribution in [3.8, 4) is 0 Å². The van der Waals surface area contributed by atoms with Crippen LogP contribution in [0, 0.1) is 10.8 Å². The Balaban J connectivity index is 1.59. The van der Waals surface area contributed by atoms with Gasteiger partial charge in [-0.2, -0.15) is 0 Å². The van der Waals surface area contributed by atoms with Crippen LogP contribution < -0.4 is 20.9 Å². The minimum atomic E-state index is -0.367. The third-order valence-corrected chi connectivity index (χ3v) is 6.01. The number of benzene rings is 1. The molecule has 0 atom stereocenters. The van der Waals surface area contributed by atoms with Crippen LogP contribution in [0.5, 0.6) is 0 Å². The second-order valence-electron chi connectivity index (χ2n) is 9.60. The van der Waals surface area contributed by atoms with Gasteiger partial charge in [0.1, 0.15) is 23.2 Å². The summed E-state index contributed by atoms with van der Waals surface area (Å²) >= 11 is 6.36. The monoisotopic (exact) mass is 507 g/mol. The lowest BCUT2D eigenvalue weighted by Crippen LogP contribution is -2.31. The highest BCUT2D eigenvalue weighted by Gasteiger charge is 2.19. The van der Waals surface area contributed by atoms with Gasteiger partial charge >= 0.3 is 0 Å². The van der Waals surface area contributed by atoms with E-state index in [1.807, 2.05) is 20.8 Å². The largest absolute Gasteiger partial charge is 0.375 e. The molecule has 1 fully saturated rings. The molecule has 4 N–H and O–H groups in total. The summed E-state index contributed by atoms with van der Waals surface area (Å²) in [5, 5.41) is 17.6. The van der Waals surface area contributed by atoms with Crippen molar-refractivity contribution >= 4 is 51.7 Å². The molecule has 0 bridgehead atoms. The number of halogens is 1. The van der Waals surface area contributed by atoms with E-state index in [2.05, 4.69) is 35.8 Å². The number of fused-ring (bicyclic) bond motifs is 1. The summed E-state index contributed by atoms with van der Waals surface area (Å²) < 4.78 is 0. The number of rotatable bonds is 7. The zero-order valence-electron chi connectivity index (χ0n) is 20.8. The van der Waals surface area contributed by atoms with Crippen LogP contribution in [0.3, 0.4) is 0 Å². The van der Waals surface area contributed by atoms with Crippen LogP contribution in [0.25, 0.3) is 11.0 Å². The molecule has 4 rings (SSSR count). The van der Waals surface area contributed by atoms with Crippen molar-refractivity contribution in [1.29, 1.82) is 5.41 Å². The van der Waals surface area contributed by atoms with Crippen molar-refractivity contribution in [2.75, 3.05) is 30.4 Å². The van der Waals surface area contributed by atoms with E-state index in [4.69, 9.17) is 22.0 Å². The number of nitrogens with zero attached hydrogens (tertiary/aromatic N) is 5. The minimum Gasteiger partial charge on any atom is -0.375 e. The number of aromatic nitrogens is 4. The maximum absolute atomic E-state index is 13.0. The lowest BCUT2D eigenvalue weighted by atomic mass is 9.90. The summed E-state index contributed by atoms with van der Waals surface area (Å²) in [6.07, 6.45) is 6.97. The number of anilines is 3. The van der Waals surface area contributed by atoms with E-state index in [1.165, 1.54) is 6.33 Å². The van der Waals surface area contributed by atoms with E-state index in [1.54, 1.807) is 37.5 Å². The molecule has 11 heteroatoms. The van der Waals surface area contributed by atoms with E-state index >= 15 is 0 Å². The molecule has 0 unspecified atom stereocenters. The third-order valence-electron chi connectivity index (χ3n) is 5.79. The van der Waals surface area contributed by atoms with Crippen LogP contribution >= 0.6 is 11.6 Å². The summed E-state index contributed by atoms with van der Waals surface area (Å²) in [4.78, 5) is 33.0. The summed E-state index contributed by atoms with van der Waals surface area (Å²) in [5.74, 6) is 1.19. The Morgan fingerprint density at radius 1 is 1.14 bits per heavy atom. The fourth-order valence-corrected chi connectivity index (χ4v) is 3.90. The van der Waals surface area contributed by atoms with Gasteiger partial charge in [0.15, 0.2) is 5.82 Å². The van der Waals surface area contributed by atoms with E-state index in [0.29, 0.717) is 50.6 Å². The first-order valence-corrected chi connectivity index (χ1v) is 12.1. The molecule has 0 radical (unpaired) electrons. The molecule has 3 heterocycles. The molecule has 1 aliphatic rings. The first-order chi connectivity index (χ1) is 17.1. The molecule has 188 valence electrons. The molecule has 10 nitrogen and oxygen atoms in total. The van der Waals surface area contributed by atoms with Crippen molar-refractivity contribution in [2.24, 2.45) is 5.41 Å². The van der Waals surface area contributed by atoms with Gasteiger partial charge in [0.05, 0.1) is 6.20 Å². The first kappa shape index (κ1) is 25.3. The average molecular weight is 508 g/mol. The molecule has 0 saturated carbocycles. The third kappa shape index (κ3) is 5.88. The Hall–Kier alpha value is -3.79. The van der Waals surface area contributed by atoms with Gasteiger partial charge in [-0.1, -0.05) is 32.4 Å². The molecular formula is C25H30ClN9O. The van der Waals surface area contributed by atoms with Crippen molar-refractivity contribution < 1.29 is 4.79 Å². The Kier molecular flexibility index (Phi) is 7.35. The van der Waals surface area contributed by atoms with Gasteiger partial charge in [-0.05, 0) is 37.1 Å². The highest BCUT2D eigenvalue weighted by molar-refractivity contribution is 6.31. The molecule has 2 aromatic heterocycles. The maximum Gasteiger partial charge on any atom is 0.256 e. The Labute approximate surface area is 215 Å². The fraction of sp³-hybridized carbons (Fsp3) is 0.360. The van der Waals surface area contributed by atoms with E-state index < -0.39 is 0 Å². The van der Waals surface area contributed by atoms with Gasteiger partial charge in [0, 0.05) is 47.5 Å². The van der Waals surface area contributed by atoms with Gasteiger partial charge in [-0.25, -0.2) is 19.9 Å². The van der Waals surface area contributed by atoms with Crippen LogP contribution in [0.4, 0.5) is 17.5 Å². The summed E-state index contributed by atoms with van der Waals surface area (Å²) in [6, 6.07) is 4.97. The number of hydrogen-bond acceptors (Lipinski definition) is 9. The quantitative estimate of drug-likeness (QED) is 0.348. The molecule has 0 aliphatic carbocycles. The smallest absolute Gasteiger partial charge is 0.256 e. The lowest BCUT2D eigenvalue weighted by molar-refractivity contribution is 0.0963. The molecule has 1 saturated heterocycles. The molecule has 0 spiro atoms. The van der Waals surface area contributed by atoms with Crippen molar-refractivity contribution in [1.82, 2.24) is 30.6 Å². The Bertz CT molecular complexity index is 1330. The highest BCUT2D eigenvalue weighted by Crippen LogP contribution is 2.27. The van der Waals surface area contributed by atoms with Crippen LogP contribution in [0.2, 0.25) is 5.02 Å². The Morgan fingerprint density at radius 3 is 2.58 bits per heavy atom. The summed E-state index contributed by atoms with van der Waals surface area (Å²) in [7, 11) is 1.69. The molecular weight excluding hydrogens is 478 g/mol. The minimum absolute atomic E-state index is 0.346. The number of carbonyl (C=O) groups is 1. The number of allylic oxidation sites excluding steroid dienone is 1. The predicted octanol–water partition coefficient (Wildman–Crippen LogP) is 4.27. The van der Waals surface area contributed by atoms with Crippen LogP contribution in [0.1, 0.15) is 44.0 Å². The maximum atomic E-state index is 13.0. The van der Waals surface area contributed by atoms with Crippen molar-refractivity contribution in [2.45, 2.75) is 33.6 Å². The fourth-order valence-electron chi connectivity index (χ4n) is 3.66. The zero-order chi connectivity index (χ0) is 25.9. The number of amides is 1. The molecule has 36 heavy (non-hydrogen) atoms. The average Bonchev–Trinajstić information content (AvgIpc) is 3.37. The molecule has 1 amide bonds. The molecule has 3 aromatic rings. The lowest BCUT2D eigenvalue weighted by Gasteiger charge is -2.18. The number of hydrogen-bond donors (Lipinski definition) is 4. The standard InChI is InChI=1S/C25H30ClN9O/c1-25(2,3)19(27)12-20(28-4)33-23(36)15-9-16(26)11-17(10-15)32-22-21-18(30-14-31-22)13-29-24(34-21)35-7-5-6-8-35/h9-14,27-28H,5-8H2,1-4H3,(H,33,36)(H,30,31,32)/b20-12+,27-19?. The van der Waals surface area contributed by atoms with Gasteiger partial charge in [-0.15, -0.1) is 0 Å². The van der Waals surface area contributed by atoms with Crippen LogP contribution in [-0.2, 0) is 0 Å². The zero-order valence-corrected chi connectivity index (χ0v) is 21.6. The van der Waals surface area contributed by atoms with Crippen LogP contribution in [0.15, 0.2) is 42.6 Å². The van der Waals surface area contributed by atoms with E-state index in [0.717, 1.165) is 25.9 Å². The van der Waals surface area contributed by atoms with E-state index in [9.17, 15) is 4.79 Å². The topological polar surface area (TPSA) is 132 Å². The normalized spacial score (nSPS) is 14.1. The second kappa shape index (κ2) is 10.4. The summed E-state index contributed by atoms with van der Waals surface area (Å²) in [6.45, 7) is 7.66. The molecule has 1 aromatic carbocycles. The summed E-state index contributed by atoms with van der Waals surface area (Å²) in [5.41, 5.74) is 2.15. The predicted molar refractivity (Wildman–Crippen MR) is 143 cm³/mol. The van der Waals surface area contributed by atoms with Gasteiger partial charge in [-0.3, -0.25) is 4.79 Å². The van der Waals surface area contributed by atoms with Gasteiger partial charge in [0.25, 0.3) is 5.91 Å². The van der Waals surface area contributed by atoms with Gasteiger partial charge < -0.3 is 26.3 Å².